The van der Waals surface area contributed by atoms with Crippen molar-refractivity contribution in [1.29, 1.82) is 0 Å². The summed E-state index contributed by atoms with van der Waals surface area (Å²) in [4.78, 5) is 18.9. The maximum absolute atomic E-state index is 10.8. The third-order valence-corrected chi connectivity index (χ3v) is 2.52. The van der Waals surface area contributed by atoms with E-state index in [2.05, 4.69) is 15.3 Å². The summed E-state index contributed by atoms with van der Waals surface area (Å²) in [5.41, 5.74) is 0.601. The molecule has 2 N–H and O–H groups in total. The van der Waals surface area contributed by atoms with Crippen molar-refractivity contribution in [1.82, 2.24) is 9.97 Å². The van der Waals surface area contributed by atoms with Crippen LogP contribution in [0.25, 0.3) is 0 Å². The van der Waals surface area contributed by atoms with Gasteiger partial charge in [0.15, 0.2) is 0 Å². The number of rotatable bonds is 8. The van der Waals surface area contributed by atoms with E-state index < -0.39 is 5.97 Å². The van der Waals surface area contributed by atoms with Crippen LogP contribution in [-0.2, 0) is 4.74 Å². The molecule has 0 aliphatic rings. The Hall–Kier alpha value is -1.69. The number of carbonyl (C=O) groups is 1. The van der Waals surface area contributed by atoms with E-state index >= 15 is 0 Å². The van der Waals surface area contributed by atoms with E-state index in [1.165, 1.54) is 6.20 Å². The largest absolute Gasteiger partial charge is 0.478 e. The lowest BCUT2D eigenvalue weighted by Gasteiger charge is -2.08. The first-order chi connectivity index (χ1) is 9.00. The number of aryl methyl sites for hydroxylation is 1. The highest BCUT2D eigenvalue weighted by Crippen LogP contribution is 2.07. The Morgan fingerprint density at radius 2 is 2.21 bits per heavy atom. The number of anilines is 1. The van der Waals surface area contributed by atoms with E-state index in [0.29, 0.717) is 11.6 Å². The van der Waals surface area contributed by atoms with Crippen molar-refractivity contribution in [2.24, 2.45) is 0 Å². The van der Waals surface area contributed by atoms with Crippen molar-refractivity contribution in [3.63, 3.8) is 0 Å². The molecule has 0 aromatic carbocycles. The molecule has 0 bridgehead atoms. The van der Waals surface area contributed by atoms with Crippen LogP contribution in [0.15, 0.2) is 6.20 Å². The SMILES string of the molecule is Cc1nc(NCCCCOC(C)C)ncc1C(=O)O. The van der Waals surface area contributed by atoms with Gasteiger partial charge in [-0.3, -0.25) is 0 Å². The van der Waals surface area contributed by atoms with Crippen LogP contribution >= 0.6 is 0 Å². The van der Waals surface area contributed by atoms with Gasteiger partial charge in [-0.2, -0.15) is 0 Å². The Kier molecular flexibility index (Phi) is 6.21. The number of carboxylic acids is 1. The van der Waals surface area contributed by atoms with Crippen LogP contribution in [0.3, 0.4) is 0 Å². The first-order valence-corrected chi connectivity index (χ1v) is 6.43. The van der Waals surface area contributed by atoms with Crippen LogP contribution in [0.2, 0.25) is 0 Å². The number of nitrogens with one attached hydrogen (secondary N) is 1. The van der Waals surface area contributed by atoms with E-state index in [0.717, 1.165) is 26.0 Å². The van der Waals surface area contributed by atoms with Crippen LogP contribution in [0.4, 0.5) is 5.95 Å². The monoisotopic (exact) mass is 267 g/mol. The summed E-state index contributed by atoms with van der Waals surface area (Å²) in [5.74, 6) is -0.540. The molecule has 0 saturated heterocycles. The topological polar surface area (TPSA) is 84.3 Å². The second-order valence-electron chi connectivity index (χ2n) is 4.55. The Balaban J connectivity index is 2.30. The zero-order valence-electron chi connectivity index (χ0n) is 11.6. The molecule has 0 saturated carbocycles. The molecule has 1 rings (SSSR count). The van der Waals surface area contributed by atoms with E-state index in [4.69, 9.17) is 9.84 Å². The van der Waals surface area contributed by atoms with Crippen LogP contribution < -0.4 is 5.32 Å². The molecule has 0 amide bonds. The molecule has 1 heterocycles. The molecule has 1 aromatic heterocycles. The van der Waals surface area contributed by atoms with Crippen molar-refractivity contribution in [3.8, 4) is 0 Å². The van der Waals surface area contributed by atoms with Gasteiger partial charge < -0.3 is 15.2 Å². The van der Waals surface area contributed by atoms with Crippen molar-refractivity contribution in [2.75, 3.05) is 18.5 Å². The normalized spacial score (nSPS) is 10.7. The van der Waals surface area contributed by atoms with Gasteiger partial charge in [0.1, 0.15) is 0 Å². The Morgan fingerprint density at radius 3 is 2.79 bits per heavy atom. The second-order valence-corrected chi connectivity index (χ2v) is 4.55. The third-order valence-electron chi connectivity index (χ3n) is 2.52. The molecular weight excluding hydrogens is 246 g/mol. The van der Waals surface area contributed by atoms with E-state index in [9.17, 15) is 4.79 Å². The highest BCUT2D eigenvalue weighted by Gasteiger charge is 2.09. The number of aromatic nitrogens is 2. The van der Waals surface area contributed by atoms with Crippen molar-refractivity contribution in [3.05, 3.63) is 17.5 Å². The van der Waals surface area contributed by atoms with Gasteiger partial charge in [-0.1, -0.05) is 0 Å². The third kappa shape index (κ3) is 5.65. The number of ether oxygens (including phenoxy) is 1. The smallest absolute Gasteiger partial charge is 0.339 e. The predicted molar refractivity (Wildman–Crippen MR) is 72.5 cm³/mol. The molecule has 0 spiro atoms. The highest BCUT2D eigenvalue weighted by molar-refractivity contribution is 5.88. The number of carboxylic acid groups (broad SMARTS) is 1. The quantitative estimate of drug-likeness (QED) is 0.702. The zero-order valence-corrected chi connectivity index (χ0v) is 11.6. The fourth-order valence-corrected chi connectivity index (χ4v) is 1.51. The molecule has 0 radical (unpaired) electrons. The van der Waals surface area contributed by atoms with Crippen molar-refractivity contribution < 1.29 is 14.6 Å². The summed E-state index contributed by atoms with van der Waals surface area (Å²) in [6, 6.07) is 0. The molecule has 0 aliphatic carbocycles. The Bertz CT molecular complexity index is 422. The lowest BCUT2D eigenvalue weighted by Crippen LogP contribution is -2.10. The molecule has 0 unspecified atom stereocenters. The fraction of sp³-hybridized carbons (Fsp3) is 0.615. The van der Waals surface area contributed by atoms with Gasteiger partial charge in [-0.25, -0.2) is 14.8 Å². The van der Waals surface area contributed by atoms with Gasteiger partial charge in [0.2, 0.25) is 5.95 Å². The number of hydrogen-bond acceptors (Lipinski definition) is 5. The Morgan fingerprint density at radius 1 is 1.47 bits per heavy atom. The fourth-order valence-electron chi connectivity index (χ4n) is 1.51. The lowest BCUT2D eigenvalue weighted by molar-refractivity contribution is 0.0694. The minimum absolute atomic E-state index is 0.135. The van der Waals surface area contributed by atoms with Crippen LogP contribution in [-0.4, -0.2) is 40.3 Å². The molecule has 0 aliphatic heterocycles. The van der Waals surface area contributed by atoms with Crippen LogP contribution in [0.1, 0.15) is 42.7 Å². The maximum atomic E-state index is 10.8. The molecule has 0 atom stereocenters. The second kappa shape index (κ2) is 7.68. The number of hydrogen-bond donors (Lipinski definition) is 2. The maximum Gasteiger partial charge on any atom is 0.339 e. The summed E-state index contributed by atoms with van der Waals surface area (Å²) >= 11 is 0. The minimum atomic E-state index is -1.00. The number of nitrogens with zero attached hydrogens (tertiary/aromatic N) is 2. The van der Waals surface area contributed by atoms with Crippen LogP contribution in [0.5, 0.6) is 0 Å². The minimum Gasteiger partial charge on any atom is -0.478 e. The van der Waals surface area contributed by atoms with E-state index in [-0.39, 0.29) is 11.7 Å². The molecule has 1 aromatic rings. The summed E-state index contributed by atoms with van der Waals surface area (Å²) in [6.07, 6.45) is 3.52. The molecule has 106 valence electrons. The summed E-state index contributed by atoms with van der Waals surface area (Å²) in [6.45, 7) is 7.18. The average molecular weight is 267 g/mol. The molecule has 0 fully saturated rings. The van der Waals surface area contributed by atoms with Gasteiger partial charge in [0.25, 0.3) is 0 Å². The molecular formula is C13H21N3O3. The van der Waals surface area contributed by atoms with Gasteiger partial charge in [0, 0.05) is 19.3 Å². The number of aromatic carboxylic acids is 1. The molecule has 19 heavy (non-hydrogen) atoms. The Labute approximate surface area is 113 Å². The first-order valence-electron chi connectivity index (χ1n) is 6.43. The molecule has 6 heteroatoms. The van der Waals surface area contributed by atoms with E-state index in [1.807, 2.05) is 13.8 Å². The van der Waals surface area contributed by atoms with E-state index in [1.54, 1.807) is 6.92 Å². The van der Waals surface area contributed by atoms with Gasteiger partial charge >= 0.3 is 5.97 Å². The average Bonchev–Trinajstić information content (AvgIpc) is 2.32. The highest BCUT2D eigenvalue weighted by atomic mass is 16.5. The van der Waals surface area contributed by atoms with Crippen molar-refractivity contribution in [2.45, 2.75) is 39.7 Å². The summed E-state index contributed by atoms with van der Waals surface area (Å²) in [7, 11) is 0. The lowest BCUT2D eigenvalue weighted by atomic mass is 10.2. The first kappa shape index (κ1) is 15.4. The van der Waals surface area contributed by atoms with Gasteiger partial charge in [0.05, 0.1) is 17.4 Å². The van der Waals surface area contributed by atoms with Gasteiger partial charge in [-0.05, 0) is 33.6 Å². The number of unbranched alkanes of at least 4 members (excludes halogenated alkanes) is 1. The van der Waals surface area contributed by atoms with Crippen LogP contribution in [0, 0.1) is 6.92 Å². The predicted octanol–water partition coefficient (Wildman–Crippen LogP) is 2.10. The van der Waals surface area contributed by atoms with Crippen molar-refractivity contribution >= 4 is 11.9 Å². The summed E-state index contributed by atoms with van der Waals surface area (Å²) < 4.78 is 5.43. The molecule has 6 nitrogen and oxygen atoms in total. The summed E-state index contributed by atoms with van der Waals surface area (Å²) in [5, 5.41) is 11.9. The zero-order chi connectivity index (χ0) is 14.3. The standard InChI is InChI=1S/C13H21N3O3/c1-9(2)19-7-5-4-6-14-13-15-8-11(12(17)18)10(3)16-13/h8-9H,4-7H2,1-3H3,(H,17,18)(H,14,15,16). The van der Waals surface area contributed by atoms with Gasteiger partial charge in [-0.15, -0.1) is 0 Å².